The largest absolute Gasteiger partial charge is 0.325 e. The minimum Gasteiger partial charge on any atom is -0.325 e. The number of carbonyl (C=O) groups excluding carboxylic acids is 1. The fourth-order valence-corrected chi connectivity index (χ4v) is 2.61. The number of rotatable bonds is 5. The third-order valence-corrected chi connectivity index (χ3v) is 4.27. The van der Waals surface area contributed by atoms with Gasteiger partial charge in [0.15, 0.2) is 0 Å². The lowest BCUT2D eigenvalue weighted by atomic mass is 10.1. The summed E-state index contributed by atoms with van der Waals surface area (Å²) < 4.78 is 11.3. The van der Waals surface area contributed by atoms with E-state index < -0.39 is 10.8 Å². The summed E-state index contributed by atoms with van der Waals surface area (Å²) in [5, 5.41) is 3.27. The van der Waals surface area contributed by atoms with Crippen molar-refractivity contribution in [3.63, 3.8) is 0 Å². The van der Waals surface area contributed by atoms with Gasteiger partial charge in [-0.2, -0.15) is 0 Å². The predicted octanol–water partition coefficient (Wildman–Crippen LogP) is 0.557. The highest BCUT2D eigenvalue weighted by Crippen LogP contribution is 2.16. The number of amides is 1. The fourth-order valence-electron chi connectivity index (χ4n) is 1.92. The molecule has 16 heavy (non-hydrogen) atoms. The van der Waals surface area contributed by atoms with Crippen LogP contribution in [0, 0.1) is 5.92 Å². The molecule has 0 bridgehead atoms. The third-order valence-electron chi connectivity index (χ3n) is 2.99. The van der Waals surface area contributed by atoms with E-state index in [4.69, 9.17) is 0 Å². The second-order valence-electron chi connectivity index (χ2n) is 4.53. The average molecular weight is 246 g/mol. The second kappa shape index (κ2) is 5.77. The van der Waals surface area contributed by atoms with Crippen molar-refractivity contribution in [3.05, 3.63) is 0 Å². The van der Waals surface area contributed by atoms with Crippen molar-refractivity contribution in [1.29, 1.82) is 0 Å². The number of hydrogen-bond donors (Lipinski definition) is 1. The van der Waals surface area contributed by atoms with Gasteiger partial charge in [-0.25, -0.2) is 0 Å². The summed E-state index contributed by atoms with van der Waals surface area (Å²) in [6, 6.07) is -0.0786. The molecule has 5 heteroatoms. The highest BCUT2D eigenvalue weighted by molar-refractivity contribution is 7.84. The Hall–Kier alpha value is -0.420. The normalized spacial score (nSPS) is 27.8. The summed E-state index contributed by atoms with van der Waals surface area (Å²) in [5.74, 6) is 1.70. The van der Waals surface area contributed by atoms with Gasteiger partial charge in [-0.15, -0.1) is 0 Å². The summed E-state index contributed by atoms with van der Waals surface area (Å²) in [7, 11) is -0.796. The van der Waals surface area contributed by atoms with Gasteiger partial charge < -0.3 is 4.90 Å². The van der Waals surface area contributed by atoms with E-state index >= 15 is 0 Å². The third kappa shape index (κ3) is 3.04. The lowest BCUT2D eigenvalue weighted by Crippen LogP contribution is -2.37. The molecule has 1 heterocycles. The number of carbonyl (C=O) groups is 1. The molecule has 94 valence electrons. The highest BCUT2D eigenvalue weighted by Gasteiger charge is 2.37. The molecule has 0 aromatic rings. The van der Waals surface area contributed by atoms with Gasteiger partial charge in [-0.1, -0.05) is 20.8 Å². The first kappa shape index (κ1) is 13.6. The molecular formula is C11H22N2O2S. The smallest absolute Gasteiger partial charge is 0.241 e. The van der Waals surface area contributed by atoms with E-state index in [2.05, 4.69) is 5.32 Å². The highest BCUT2D eigenvalue weighted by atomic mass is 32.2. The summed E-state index contributed by atoms with van der Waals surface area (Å²) in [4.78, 5) is 13.8. The van der Waals surface area contributed by atoms with E-state index in [-0.39, 0.29) is 18.1 Å². The molecule has 4 nitrogen and oxygen atoms in total. The van der Waals surface area contributed by atoms with Crippen LogP contribution in [0.4, 0.5) is 0 Å². The summed E-state index contributed by atoms with van der Waals surface area (Å²) in [5.41, 5.74) is 0. The minimum absolute atomic E-state index is 0.0637. The summed E-state index contributed by atoms with van der Waals surface area (Å²) in [6.07, 6.45) is 0.0637. The van der Waals surface area contributed by atoms with Gasteiger partial charge in [-0.3, -0.25) is 14.3 Å². The van der Waals surface area contributed by atoms with Crippen molar-refractivity contribution < 1.29 is 9.00 Å². The zero-order chi connectivity index (χ0) is 12.3. The molecule has 0 aliphatic carbocycles. The van der Waals surface area contributed by atoms with Crippen molar-refractivity contribution >= 4 is 16.7 Å². The van der Waals surface area contributed by atoms with Crippen LogP contribution in [0.5, 0.6) is 0 Å². The molecule has 1 N–H and O–H groups in total. The Kier molecular flexibility index (Phi) is 4.92. The Balaban J connectivity index is 2.54. The van der Waals surface area contributed by atoms with Gasteiger partial charge in [-0.05, 0) is 12.8 Å². The molecule has 1 amide bonds. The van der Waals surface area contributed by atoms with E-state index in [0.717, 1.165) is 0 Å². The topological polar surface area (TPSA) is 49.4 Å². The molecule has 1 rings (SSSR count). The zero-order valence-electron chi connectivity index (χ0n) is 10.5. The Morgan fingerprint density at radius 2 is 2.12 bits per heavy atom. The quantitative estimate of drug-likeness (QED) is 0.771. The van der Waals surface area contributed by atoms with Crippen LogP contribution in [-0.2, 0) is 15.6 Å². The molecule has 3 atom stereocenters. The Morgan fingerprint density at radius 1 is 1.50 bits per heavy atom. The molecule has 1 aliphatic rings. The van der Waals surface area contributed by atoms with Gasteiger partial charge in [0, 0.05) is 28.9 Å². The molecule has 3 unspecified atom stereocenters. The van der Waals surface area contributed by atoms with Crippen LogP contribution in [-0.4, -0.2) is 45.3 Å². The van der Waals surface area contributed by atoms with Crippen molar-refractivity contribution in [2.24, 2.45) is 5.92 Å². The molecule has 1 saturated heterocycles. The second-order valence-corrected chi connectivity index (χ2v) is 6.39. The summed E-state index contributed by atoms with van der Waals surface area (Å²) >= 11 is 0. The first-order valence-corrected chi connectivity index (χ1v) is 7.37. The maximum atomic E-state index is 12.0. The van der Waals surface area contributed by atoms with Crippen LogP contribution in [0.1, 0.15) is 27.7 Å². The Morgan fingerprint density at radius 3 is 2.56 bits per heavy atom. The maximum absolute atomic E-state index is 12.0. The Bertz CT molecular complexity index is 281. The van der Waals surface area contributed by atoms with Gasteiger partial charge >= 0.3 is 0 Å². The van der Waals surface area contributed by atoms with Crippen LogP contribution >= 0.6 is 0 Å². The molecule has 0 radical (unpaired) electrons. The van der Waals surface area contributed by atoms with Crippen LogP contribution in [0.2, 0.25) is 0 Å². The fraction of sp³-hybridized carbons (Fsp3) is 0.909. The molecule has 0 aromatic heterocycles. The zero-order valence-corrected chi connectivity index (χ0v) is 11.3. The van der Waals surface area contributed by atoms with Gasteiger partial charge in [0.05, 0.1) is 12.2 Å². The van der Waals surface area contributed by atoms with Crippen molar-refractivity contribution in [3.8, 4) is 0 Å². The number of nitrogens with one attached hydrogen (secondary N) is 1. The van der Waals surface area contributed by atoms with Crippen LogP contribution in [0.3, 0.4) is 0 Å². The average Bonchev–Trinajstić information content (AvgIpc) is 2.51. The lowest BCUT2D eigenvalue weighted by molar-refractivity contribution is -0.130. The molecule has 0 spiro atoms. The van der Waals surface area contributed by atoms with Crippen molar-refractivity contribution in [1.82, 2.24) is 10.2 Å². The van der Waals surface area contributed by atoms with E-state index in [1.807, 2.05) is 27.7 Å². The van der Waals surface area contributed by atoms with Crippen LogP contribution < -0.4 is 5.32 Å². The predicted molar refractivity (Wildman–Crippen MR) is 66.5 cm³/mol. The molecule has 0 saturated carbocycles. The SMILES string of the molecule is CCS(=O)CCN1C(=O)C(C(C)C)NC1C. The number of hydrogen-bond acceptors (Lipinski definition) is 3. The first-order valence-electron chi connectivity index (χ1n) is 5.88. The van der Waals surface area contributed by atoms with Crippen molar-refractivity contribution in [2.75, 3.05) is 18.1 Å². The van der Waals surface area contributed by atoms with Gasteiger partial charge in [0.25, 0.3) is 0 Å². The van der Waals surface area contributed by atoms with E-state index in [0.29, 0.717) is 24.0 Å². The number of nitrogens with zero attached hydrogens (tertiary/aromatic N) is 1. The minimum atomic E-state index is -0.796. The first-order chi connectivity index (χ1) is 7.47. The van der Waals surface area contributed by atoms with E-state index in [9.17, 15) is 9.00 Å². The maximum Gasteiger partial charge on any atom is 0.241 e. The van der Waals surface area contributed by atoms with Crippen molar-refractivity contribution in [2.45, 2.75) is 39.9 Å². The van der Waals surface area contributed by atoms with Gasteiger partial charge in [0.2, 0.25) is 5.91 Å². The molecular weight excluding hydrogens is 224 g/mol. The van der Waals surface area contributed by atoms with E-state index in [1.54, 1.807) is 4.90 Å². The monoisotopic (exact) mass is 246 g/mol. The van der Waals surface area contributed by atoms with Crippen LogP contribution in [0.25, 0.3) is 0 Å². The van der Waals surface area contributed by atoms with E-state index in [1.165, 1.54) is 0 Å². The summed E-state index contributed by atoms with van der Waals surface area (Å²) in [6.45, 7) is 8.55. The molecule has 1 fully saturated rings. The standard InChI is InChI=1S/C11H22N2O2S/c1-5-16(15)7-6-13-9(4)12-10(8(2)3)11(13)14/h8-10,12H,5-7H2,1-4H3. The van der Waals surface area contributed by atoms with Gasteiger partial charge in [0.1, 0.15) is 0 Å². The molecule has 1 aliphatic heterocycles. The lowest BCUT2D eigenvalue weighted by Gasteiger charge is -2.20. The molecule has 0 aromatic carbocycles. The Labute approximate surface area is 100 Å². The van der Waals surface area contributed by atoms with Crippen LogP contribution in [0.15, 0.2) is 0 Å².